The summed E-state index contributed by atoms with van der Waals surface area (Å²) in [6.45, 7) is 4.32. The highest BCUT2D eigenvalue weighted by atomic mass is 79.9. The number of halogens is 2. The number of hydrogen-bond donors (Lipinski definition) is 1. The van der Waals surface area contributed by atoms with Crippen molar-refractivity contribution in [1.29, 1.82) is 0 Å². The van der Waals surface area contributed by atoms with E-state index in [0.717, 1.165) is 55.8 Å². The second-order valence-electron chi connectivity index (χ2n) is 10.6. The quantitative estimate of drug-likeness (QED) is 0.319. The van der Waals surface area contributed by atoms with Gasteiger partial charge in [-0.1, -0.05) is 77.8 Å². The van der Waals surface area contributed by atoms with Crippen LogP contribution in [-0.4, -0.2) is 19.9 Å². The second kappa shape index (κ2) is 10.00. The Morgan fingerprint density at radius 2 is 1.62 bits per heavy atom. The molecule has 1 heterocycles. The number of anilines is 1. The SMILES string of the molecule is CN(C)c1ccc(/C=C2\C(=O)C3=C(CC2(C)C)NC(c2ccc(Cl)cc2)=CC3c2ccc(Br)cc2)cc1. The van der Waals surface area contributed by atoms with Crippen molar-refractivity contribution in [2.45, 2.75) is 26.2 Å². The van der Waals surface area contributed by atoms with Crippen molar-refractivity contribution in [1.82, 2.24) is 5.32 Å². The zero-order valence-corrected chi connectivity index (χ0v) is 23.8. The van der Waals surface area contributed by atoms with Crippen LogP contribution in [0, 0.1) is 5.41 Å². The molecule has 3 aromatic carbocycles. The fraction of sp³-hybridized carbons (Fsp3) is 0.219. The molecule has 0 aromatic heterocycles. The maximum atomic E-state index is 14.3. The van der Waals surface area contributed by atoms with Crippen LogP contribution in [0.1, 0.15) is 42.9 Å². The van der Waals surface area contributed by atoms with Gasteiger partial charge in [0.1, 0.15) is 0 Å². The minimum Gasteiger partial charge on any atom is -0.378 e. The molecule has 5 heteroatoms. The third kappa shape index (κ3) is 5.18. The first-order valence-electron chi connectivity index (χ1n) is 12.4. The van der Waals surface area contributed by atoms with E-state index in [9.17, 15) is 4.79 Å². The van der Waals surface area contributed by atoms with E-state index in [1.54, 1.807) is 0 Å². The van der Waals surface area contributed by atoms with Crippen LogP contribution in [0.4, 0.5) is 5.69 Å². The monoisotopic (exact) mass is 572 g/mol. The Labute approximate surface area is 232 Å². The predicted octanol–water partition coefficient (Wildman–Crippen LogP) is 8.23. The van der Waals surface area contributed by atoms with Gasteiger partial charge in [0.15, 0.2) is 5.78 Å². The van der Waals surface area contributed by atoms with E-state index in [4.69, 9.17) is 11.6 Å². The number of carbonyl (C=O) groups excluding carboxylic acids is 1. The van der Waals surface area contributed by atoms with E-state index in [2.05, 4.69) is 88.5 Å². The largest absolute Gasteiger partial charge is 0.378 e. The van der Waals surface area contributed by atoms with Gasteiger partial charge in [0.25, 0.3) is 0 Å². The Morgan fingerprint density at radius 3 is 2.24 bits per heavy atom. The van der Waals surface area contributed by atoms with Gasteiger partial charge in [0, 0.05) is 57.7 Å². The Kier molecular flexibility index (Phi) is 6.91. The summed E-state index contributed by atoms with van der Waals surface area (Å²) in [7, 11) is 4.05. The molecule has 0 saturated carbocycles. The summed E-state index contributed by atoms with van der Waals surface area (Å²) in [6, 6.07) is 24.4. The molecule has 2 aliphatic rings. The molecule has 3 nitrogen and oxygen atoms in total. The van der Waals surface area contributed by atoms with Crippen LogP contribution >= 0.6 is 27.5 Å². The van der Waals surface area contributed by atoms with E-state index < -0.39 is 0 Å². The molecule has 188 valence electrons. The standard InChI is InChI=1S/C32H30BrClN2O/c1-32(2)19-29-30(31(37)27(32)17-20-5-15-25(16-6-20)36(3)4)26(21-7-11-23(33)12-8-21)18-28(35-29)22-9-13-24(34)14-10-22/h5-18,26,35H,19H2,1-4H3/b27-17+. The lowest BCUT2D eigenvalue weighted by Gasteiger charge is -2.40. The summed E-state index contributed by atoms with van der Waals surface area (Å²) in [4.78, 5) is 16.3. The van der Waals surface area contributed by atoms with Crippen molar-refractivity contribution in [3.8, 4) is 0 Å². The number of benzene rings is 3. The summed E-state index contributed by atoms with van der Waals surface area (Å²) < 4.78 is 1.01. The summed E-state index contributed by atoms with van der Waals surface area (Å²) in [5.41, 5.74) is 7.65. The Balaban J connectivity index is 1.60. The van der Waals surface area contributed by atoms with Crippen molar-refractivity contribution in [2.75, 3.05) is 19.0 Å². The summed E-state index contributed by atoms with van der Waals surface area (Å²) in [5.74, 6) is -0.0482. The Bertz CT molecular complexity index is 1430. The number of Topliss-reactive ketones (excluding diaryl/α,β-unsaturated/α-hetero) is 1. The van der Waals surface area contributed by atoms with Crippen molar-refractivity contribution >= 4 is 50.8 Å². The summed E-state index contributed by atoms with van der Waals surface area (Å²) in [6.07, 6.45) is 4.99. The molecule has 0 spiro atoms. The first-order valence-corrected chi connectivity index (χ1v) is 13.6. The zero-order valence-electron chi connectivity index (χ0n) is 21.5. The number of hydrogen-bond acceptors (Lipinski definition) is 3. The highest BCUT2D eigenvalue weighted by Gasteiger charge is 2.42. The van der Waals surface area contributed by atoms with Crippen LogP contribution in [-0.2, 0) is 4.79 Å². The van der Waals surface area contributed by atoms with Gasteiger partial charge in [-0.25, -0.2) is 0 Å². The molecule has 0 radical (unpaired) electrons. The lowest BCUT2D eigenvalue weighted by atomic mass is 9.67. The molecular weight excluding hydrogens is 544 g/mol. The summed E-state index contributed by atoms with van der Waals surface area (Å²) in [5, 5.41) is 4.33. The molecule has 1 atom stereocenters. The highest BCUT2D eigenvalue weighted by molar-refractivity contribution is 9.10. The van der Waals surface area contributed by atoms with Crippen LogP contribution in [0.15, 0.2) is 100 Å². The van der Waals surface area contributed by atoms with Gasteiger partial charge in [-0.2, -0.15) is 0 Å². The van der Waals surface area contributed by atoms with Crippen LogP contribution in [0.2, 0.25) is 5.02 Å². The minimum atomic E-state index is -0.324. The average Bonchev–Trinajstić information content (AvgIpc) is 2.86. The number of ketones is 1. The van der Waals surface area contributed by atoms with Gasteiger partial charge in [-0.15, -0.1) is 0 Å². The molecule has 5 rings (SSSR count). The predicted molar refractivity (Wildman–Crippen MR) is 159 cm³/mol. The number of nitrogens with zero attached hydrogens (tertiary/aromatic N) is 1. The molecule has 0 saturated heterocycles. The van der Waals surface area contributed by atoms with Gasteiger partial charge in [0.05, 0.1) is 0 Å². The lowest BCUT2D eigenvalue weighted by molar-refractivity contribution is -0.113. The van der Waals surface area contributed by atoms with E-state index in [1.165, 1.54) is 0 Å². The van der Waals surface area contributed by atoms with Crippen LogP contribution in [0.25, 0.3) is 11.8 Å². The zero-order chi connectivity index (χ0) is 26.3. The van der Waals surface area contributed by atoms with Gasteiger partial charge >= 0.3 is 0 Å². The Hall–Kier alpha value is -3.08. The van der Waals surface area contributed by atoms with E-state index in [1.807, 2.05) is 50.5 Å². The molecule has 3 aromatic rings. The third-order valence-electron chi connectivity index (χ3n) is 7.20. The fourth-order valence-electron chi connectivity index (χ4n) is 5.14. The lowest BCUT2D eigenvalue weighted by Crippen LogP contribution is -2.37. The maximum Gasteiger partial charge on any atom is 0.188 e. The molecule has 0 fully saturated rings. The van der Waals surface area contributed by atoms with E-state index in [0.29, 0.717) is 5.02 Å². The number of dihydropyridines is 1. The van der Waals surface area contributed by atoms with Crippen LogP contribution < -0.4 is 10.2 Å². The maximum absolute atomic E-state index is 14.3. The fourth-order valence-corrected chi connectivity index (χ4v) is 5.53. The normalized spacial score (nSPS) is 19.8. The third-order valence-corrected chi connectivity index (χ3v) is 7.98. The van der Waals surface area contributed by atoms with Crippen molar-refractivity contribution in [2.24, 2.45) is 5.41 Å². The number of allylic oxidation sites excluding steroid dienone is 4. The first kappa shape index (κ1) is 25.6. The first-order chi connectivity index (χ1) is 17.6. The smallest absolute Gasteiger partial charge is 0.188 e. The molecule has 1 unspecified atom stereocenters. The molecule has 0 amide bonds. The molecule has 1 N–H and O–H groups in total. The molecule has 1 aliphatic heterocycles. The van der Waals surface area contributed by atoms with Gasteiger partial charge < -0.3 is 10.2 Å². The van der Waals surface area contributed by atoms with Crippen molar-refractivity contribution in [3.63, 3.8) is 0 Å². The number of nitrogens with one attached hydrogen (secondary N) is 1. The second-order valence-corrected chi connectivity index (χ2v) is 11.9. The number of rotatable bonds is 4. The molecular formula is C32H30BrClN2O. The van der Waals surface area contributed by atoms with Crippen molar-refractivity contribution in [3.05, 3.63) is 122 Å². The average molecular weight is 574 g/mol. The molecule has 1 aliphatic carbocycles. The Morgan fingerprint density at radius 1 is 0.973 bits per heavy atom. The van der Waals surface area contributed by atoms with E-state index in [-0.39, 0.29) is 17.1 Å². The van der Waals surface area contributed by atoms with Gasteiger partial charge in [-0.3, -0.25) is 4.79 Å². The topological polar surface area (TPSA) is 32.3 Å². The van der Waals surface area contributed by atoms with Crippen LogP contribution in [0.5, 0.6) is 0 Å². The highest BCUT2D eigenvalue weighted by Crippen LogP contribution is 2.48. The number of carbonyl (C=O) groups is 1. The summed E-state index contributed by atoms with van der Waals surface area (Å²) >= 11 is 9.71. The minimum absolute atomic E-state index is 0.106. The molecule has 0 bridgehead atoms. The molecule has 37 heavy (non-hydrogen) atoms. The van der Waals surface area contributed by atoms with Gasteiger partial charge in [-0.05, 0) is 77.1 Å². The van der Waals surface area contributed by atoms with E-state index >= 15 is 0 Å². The van der Waals surface area contributed by atoms with Crippen LogP contribution in [0.3, 0.4) is 0 Å². The van der Waals surface area contributed by atoms with Crippen molar-refractivity contribution < 1.29 is 4.79 Å². The van der Waals surface area contributed by atoms with Gasteiger partial charge in [0.2, 0.25) is 0 Å².